The highest BCUT2D eigenvalue weighted by Gasteiger charge is 2.29. The summed E-state index contributed by atoms with van der Waals surface area (Å²) in [5, 5.41) is 17.5. The Kier molecular flexibility index (Phi) is 6.36. The Morgan fingerprint density at radius 1 is 0.806 bits per heavy atom. The van der Waals surface area contributed by atoms with Gasteiger partial charge >= 0.3 is 0 Å². The van der Waals surface area contributed by atoms with Gasteiger partial charge in [0.15, 0.2) is 0 Å². The lowest BCUT2D eigenvalue weighted by molar-refractivity contribution is 0.0983. The predicted molar refractivity (Wildman–Crippen MR) is 139 cm³/mol. The first-order valence-corrected chi connectivity index (χ1v) is 11.4. The zero-order valence-electron chi connectivity index (χ0n) is 19.2. The van der Waals surface area contributed by atoms with Crippen LogP contribution in [0, 0.1) is 0 Å². The molecular weight excluding hydrogens is 452 g/mol. The standard InChI is InChI=1S/C29H22N4O3/c34-24-17-8-7-16-23(24)33(19-22-15-9-10-18-30-22)29(36)26-25(20-11-3-1-4-12-20)27(31-32-28(26)35)21-13-5-2-6-14-21/h1-18,34H,19H2,(H,32,35). The van der Waals surface area contributed by atoms with E-state index in [1.807, 2.05) is 66.7 Å². The Balaban J connectivity index is 1.75. The number of amides is 1. The molecule has 3 aromatic carbocycles. The largest absolute Gasteiger partial charge is 0.506 e. The monoisotopic (exact) mass is 474 g/mol. The molecule has 0 unspecified atom stereocenters. The molecule has 0 bridgehead atoms. The second-order valence-corrected chi connectivity index (χ2v) is 8.08. The van der Waals surface area contributed by atoms with Crippen LogP contribution in [0.1, 0.15) is 16.1 Å². The highest BCUT2D eigenvalue weighted by atomic mass is 16.3. The number of aromatic nitrogens is 3. The maximum Gasteiger partial charge on any atom is 0.277 e. The van der Waals surface area contributed by atoms with Gasteiger partial charge in [-0.25, -0.2) is 5.10 Å². The van der Waals surface area contributed by atoms with Crippen LogP contribution in [0.3, 0.4) is 0 Å². The lowest BCUT2D eigenvalue weighted by Crippen LogP contribution is -2.36. The summed E-state index contributed by atoms with van der Waals surface area (Å²) in [6.45, 7) is 0.0495. The second kappa shape index (κ2) is 10.1. The molecule has 0 fully saturated rings. The topological polar surface area (TPSA) is 99.2 Å². The number of phenolic OH excluding ortho intramolecular Hbond substituents is 1. The fraction of sp³-hybridized carbons (Fsp3) is 0.0345. The molecule has 0 aliphatic rings. The van der Waals surface area contributed by atoms with Gasteiger partial charge in [0.2, 0.25) is 0 Å². The Morgan fingerprint density at radius 2 is 1.44 bits per heavy atom. The number of pyridine rings is 1. The van der Waals surface area contributed by atoms with Crippen LogP contribution in [0.4, 0.5) is 5.69 Å². The molecule has 0 radical (unpaired) electrons. The van der Waals surface area contributed by atoms with Gasteiger partial charge < -0.3 is 5.11 Å². The highest BCUT2D eigenvalue weighted by molar-refractivity contribution is 6.12. The fourth-order valence-corrected chi connectivity index (χ4v) is 4.09. The van der Waals surface area contributed by atoms with E-state index >= 15 is 0 Å². The third kappa shape index (κ3) is 4.50. The van der Waals surface area contributed by atoms with Gasteiger partial charge in [0.05, 0.1) is 23.6 Å². The zero-order chi connectivity index (χ0) is 24.9. The van der Waals surface area contributed by atoms with Crippen molar-refractivity contribution < 1.29 is 9.90 Å². The van der Waals surface area contributed by atoms with Crippen molar-refractivity contribution in [3.8, 4) is 28.1 Å². The molecule has 36 heavy (non-hydrogen) atoms. The molecule has 0 aliphatic heterocycles. The summed E-state index contributed by atoms with van der Waals surface area (Å²) in [4.78, 5) is 33.2. The molecule has 0 saturated heterocycles. The van der Waals surface area contributed by atoms with Crippen molar-refractivity contribution in [1.82, 2.24) is 15.2 Å². The molecule has 7 heteroatoms. The van der Waals surface area contributed by atoms with Gasteiger partial charge in [0.1, 0.15) is 11.3 Å². The lowest BCUT2D eigenvalue weighted by Gasteiger charge is -2.24. The van der Waals surface area contributed by atoms with E-state index in [2.05, 4.69) is 15.2 Å². The lowest BCUT2D eigenvalue weighted by atomic mass is 9.95. The number of aromatic amines is 1. The summed E-state index contributed by atoms with van der Waals surface area (Å²) in [5.41, 5.74) is 2.48. The molecule has 7 nitrogen and oxygen atoms in total. The number of carbonyl (C=O) groups excluding carboxylic acids is 1. The van der Waals surface area contributed by atoms with E-state index in [1.165, 1.54) is 11.0 Å². The molecule has 0 saturated carbocycles. The van der Waals surface area contributed by atoms with Crippen LogP contribution >= 0.6 is 0 Å². The van der Waals surface area contributed by atoms with Crippen molar-refractivity contribution in [1.29, 1.82) is 0 Å². The van der Waals surface area contributed by atoms with Crippen LogP contribution in [-0.2, 0) is 6.54 Å². The number of carbonyl (C=O) groups is 1. The quantitative estimate of drug-likeness (QED) is 0.359. The molecule has 2 aromatic heterocycles. The number of para-hydroxylation sites is 2. The van der Waals surface area contributed by atoms with Crippen molar-refractivity contribution >= 4 is 11.6 Å². The summed E-state index contributed by atoms with van der Waals surface area (Å²) in [6, 6.07) is 30.5. The van der Waals surface area contributed by atoms with Crippen molar-refractivity contribution in [2.24, 2.45) is 0 Å². The first-order chi connectivity index (χ1) is 17.6. The van der Waals surface area contributed by atoms with Gasteiger partial charge in [-0.05, 0) is 29.8 Å². The average Bonchev–Trinajstić information content (AvgIpc) is 2.93. The summed E-state index contributed by atoms with van der Waals surface area (Å²) in [5.74, 6) is -0.668. The van der Waals surface area contributed by atoms with E-state index in [9.17, 15) is 14.7 Å². The molecule has 0 aliphatic carbocycles. The maximum atomic E-state index is 14.2. The SMILES string of the molecule is O=C(c1c(-c2ccccc2)c(-c2ccccc2)n[nH]c1=O)N(Cc1ccccn1)c1ccccc1O. The van der Waals surface area contributed by atoms with Gasteiger partial charge in [-0.3, -0.25) is 19.5 Å². The minimum absolute atomic E-state index is 0.0495. The van der Waals surface area contributed by atoms with Crippen LogP contribution in [0.25, 0.3) is 22.4 Å². The van der Waals surface area contributed by atoms with E-state index in [0.717, 1.165) is 5.56 Å². The van der Waals surface area contributed by atoms with Crippen molar-refractivity contribution in [2.75, 3.05) is 4.90 Å². The number of hydrogen-bond acceptors (Lipinski definition) is 5. The van der Waals surface area contributed by atoms with Crippen LogP contribution in [0.15, 0.2) is 114 Å². The Labute approximate surface area is 207 Å². The van der Waals surface area contributed by atoms with Crippen molar-refractivity contribution in [3.63, 3.8) is 0 Å². The molecular formula is C29H22N4O3. The number of rotatable bonds is 6. The molecule has 176 valence electrons. The fourth-order valence-electron chi connectivity index (χ4n) is 4.09. The van der Waals surface area contributed by atoms with Gasteiger partial charge in [-0.2, -0.15) is 5.10 Å². The molecule has 0 atom stereocenters. The Bertz CT molecular complexity index is 1550. The third-order valence-corrected chi connectivity index (χ3v) is 5.77. The van der Waals surface area contributed by atoms with Gasteiger partial charge in [0, 0.05) is 17.3 Å². The normalized spacial score (nSPS) is 10.7. The molecule has 5 rings (SSSR count). The maximum absolute atomic E-state index is 14.2. The first-order valence-electron chi connectivity index (χ1n) is 11.4. The van der Waals surface area contributed by atoms with Crippen molar-refractivity contribution in [2.45, 2.75) is 6.54 Å². The van der Waals surface area contributed by atoms with Crippen LogP contribution in [0.5, 0.6) is 5.75 Å². The molecule has 2 N–H and O–H groups in total. The number of nitrogens with zero attached hydrogens (tertiary/aromatic N) is 3. The Hall–Kier alpha value is -5.04. The third-order valence-electron chi connectivity index (χ3n) is 5.77. The number of nitrogens with one attached hydrogen (secondary N) is 1. The number of benzene rings is 3. The molecule has 2 heterocycles. The van der Waals surface area contributed by atoms with Gasteiger partial charge in [0.25, 0.3) is 11.5 Å². The van der Waals surface area contributed by atoms with E-state index in [4.69, 9.17) is 0 Å². The van der Waals surface area contributed by atoms with Crippen LogP contribution in [-0.4, -0.2) is 26.2 Å². The zero-order valence-corrected chi connectivity index (χ0v) is 19.2. The molecule has 0 spiro atoms. The minimum atomic E-state index is -0.625. The Morgan fingerprint density at radius 3 is 2.11 bits per heavy atom. The summed E-state index contributed by atoms with van der Waals surface area (Å²) >= 11 is 0. The number of aromatic hydroxyl groups is 1. The van der Waals surface area contributed by atoms with E-state index < -0.39 is 11.5 Å². The van der Waals surface area contributed by atoms with E-state index in [0.29, 0.717) is 22.5 Å². The summed E-state index contributed by atoms with van der Waals surface area (Å²) in [7, 11) is 0. The van der Waals surface area contributed by atoms with E-state index in [1.54, 1.807) is 36.5 Å². The van der Waals surface area contributed by atoms with Crippen LogP contribution < -0.4 is 10.5 Å². The van der Waals surface area contributed by atoms with Crippen molar-refractivity contribution in [3.05, 3.63) is 131 Å². The number of anilines is 1. The first kappa shape index (κ1) is 22.7. The number of hydrogen-bond donors (Lipinski definition) is 2. The predicted octanol–water partition coefficient (Wildman–Crippen LogP) is 5.05. The van der Waals surface area contributed by atoms with Crippen LogP contribution in [0.2, 0.25) is 0 Å². The average molecular weight is 475 g/mol. The van der Waals surface area contributed by atoms with Gasteiger partial charge in [-0.15, -0.1) is 0 Å². The molecule has 1 amide bonds. The summed E-state index contributed by atoms with van der Waals surface area (Å²) < 4.78 is 0. The number of phenols is 1. The van der Waals surface area contributed by atoms with Gasteiger partial charge in [-0.1, -0.05) is 78.9 Å². The summed E-state index contributed by atoms with van der Waals surface area (Å²) in [6.07, 6.45) is 1.63. The smallest absolute Gasteiger partial charge is 0.277 e. The minimum Gasteiger partial charge on any atom is -0.506 e. The van der Waals surface area contributed by atoms with E-state index in [-0.39, 0.29) is 23.5 Å². The number of H-pyrrole nitrogens is 1. The molecule has 5 aromatic rings. The highest BCUT2D eigenvalue weighted by Crippen LogP contribution is 2.34. The second-order valence-electron chi connectivity index (χ2n) is 8.08.